The third kappa shape index (κ3) is 4.30. The first-order valence-corrected chi connectivity index (χ1v) is 8.32. The average molecular weight is 319 g/mol. The minimum absolute atomic E-state index is 0.0272. The lowest BCUT2D eigenvalue weighted by atomic mass is 10.2. The Hall–Kier alpha value is -1.89. The second-order valence-electron chi connectivity index (χ2n) is 5.15. The molecule has 2 heterocycles. The number of nitrogens with one attached hydrogen (secondary N) is 1. The molecule has 0 bridgehead atoms. The van der Waals surface area contributed by atoms with Crippen LogP contribution in [-0.4, -0.2) is 37.5 Å². The highest BCUT2D eigenvalue weighted by Gasteiger charge is 2.13. The van der Waals surface area contributed by atoms with Crippen molar-refractivity contribution >= 4 is 17.7 Å². The lowest BCUT2D eigenvalue weighted by molar-refractivity contribution is -0.119. The van der Waals surface area contributed by atoms with Gasteiger partial charge in [0.2, 0.25) is 5.91 Å². The van der Waals surface area contributed by atoms with Crippen LogP contribution in [0.4, 0.5) is 0 Å². The van der Waals surface area contributed by atoms with Gasteiger partial charge in [0.15, 0.2) is 11.0 Å². The highest BCUT2D eigenvalue weighted by atomic mass is 32.2. The molecule has 1 N–H and O–H groups in total. The summed E-state index contributed by atoms with van der Waals surface area (Å²) in [7, 11) is 1.90. The summed E-state index contributed by atoms with van der Waals surface area (Å²) >= 11 is 1.39. The zero-order valence-electron chi connectivity index (χ0n) is 13.1. The Bertz CT molecular complexity index is 614. The molecule has 0 spiro atoms. The molecule has 118 valence electrons. The van der Waals surface area contributed by atoms with E-state index < -0.39 is 0 Å². The molecule has 1 atom stereocenters. The van der Waals surface area contributed by atoms with Gasteiger partial charge in [0.05, 0.1) is 5.75 Å². The Morgan fingerprint density at radius 1 is 1.36 bits per heavy atom. The second kappa shape index (κ2) is 7.93. The number of hydrogen-bond acceptors (Lipinski definition) is 5. The predicted octanol–water partition coefficient (Wildman–Crippen LogP) is 2.27. The van der Waals surface area contributed by atoms with E-state index in [1.165, 1.54) is 11.8 Å². The number of pyridine rings is 1. The zero-order chi connectivity index (χ0) is 15.9. The van der Waals surface area contributed by atoms with E-state index in [9.17, 15) is 4.79 Å². The summed E-state index contributed by atoms with van der Waals surface area (Å²) in [6.45, 7) is 4.13. The third-order valence-electron chi connectivity index (χ3n) is 3.23. The normalized spacial score (nSPS) is 12.1. The molecule has 0 saturated heterocycles. The standard InChI is InChI=1S/C15H21N5OS/c1-4-5-11(2)17-13(21)10-22-15-19-18-14(20(15)3)12-6-8-16-9-7-12/h6-9,11H,4-5,10H2,1-3H3,(H,17,21)/t11-/m0/s1. The number of thioether (sulfide) groups is 1. The number of carbonyl (C=O) groups excluding carboxylic acids is 1. The van der Waals surface area contributed by atoms with Crippen molar-refractivity contribution in [3.63, 3.8) is 0 Å². The third-order valence-corrected chi connectivity index (χ3v) is 4.26. The van der Waals surface area contributed by atoms with Crippen molar-refractivity contribution in [1.29, 1.82) is 0 Å². The van der Waals surface area contributed by atoms with Crippen LogP contribution in [0.15, 0.2) is 29.7 Å². The number of carbonyl (C=O) groups is 1. The fourth-order valence-electron chi connectivity index (χ4n) is 2.14. The molecule has 0 fully saturated rings. The number of aromatic nitrogens is 4. The first-order chi connectivity index (χ1) is 10.6. The second-order valence-corrected chi connectivity index (χ2v) is 6.09. The topological polar surface area (TPSA) is 72.7 Å². The Morgan fingerprint density at radius 3 is 2.77 bits per heavy atom. The Kier molecular flexibility index (Phi) is 5.94. The van der Waals surface area contributed by atoms with Gasteiger partial charge in [-0.3, -0.25) is 9.78 Å². The van der Waals surface area contributed by atoms with Crippen LogP contribution in [0.5, 0.6) is 0 Å². The molecule has 0 aliphatic rings. The highest BCUT2D eigenvalue weighted by Crippen LogP contribution is 2.21. The molecule has 0 aliphatic heterocycles. The lowest BCUT2D eigenvalue weighted by Gasteiger charge is -2.12. The van der Waals surface area contributed by atoms with E-state index in [1.54, 1.807) is 12.4 Å². The summed E-state index contributed by atoms with van der Waals surface area (Å²) in [4.78, 5) is 15.9. The smallest absolute Gasteiger partial charge is 0.230 e. The molecule has 22 heavy (non-hydrogen) atoms. The number of nitrogens with zero attached hydrogens (tertiary/aromatic N) is 4. The number of amides is 1. The van der Waals surface area contributed by atoms with Gasteiger partial charge in [-0.05, 0) is 25.5 Å². The van der Waals surface area contributed by atoms with Crippen molar-refractivity contribution in [3.8, 4) is 11.4 Å². The van der Waals surface area contributed by atoms with Gasteiger partial charge in [-0.25, -0.2) is 0 Å². The number of rotatable bonds is 7. The molecule has 0 saturated carbocycles. The SMILES string of the molecule is CCC[C@H](C)NC(=O)CSc1nnc(-c2ccncc2)n1C. The minimum atomic E-state index is 0.0272. The fraction of sp³-hybridized carbons (Fsp3) is 0.467. The molecule has 0 aliphatic carbocycles. The molecule has 0 radical (unpaired) electrons. The number of hydrogen-bond donors (Lipinski definition) is 1. The summed E-state index contributed by atoms with van der Waals surface area (Å²) in [5, 5.41) is 12.1. The van der Waals surface area contributed by atoms with Crippen molar-refractivity contribution < 1.29 is 4.79 Å². The van der Waals surface area contributed by atoms with Crippen LogP contribution in [0.1, 0.15) is 26.7 Å². The van der Waals surface area contributed by atoms with Crippen LogP contribution in [0.3, 0.4) is 0 Å². The van der Waals surface area contributed by atoms with E-state index in [1.807, 2.05) is 30.7 Å². The Balaban J connectivity index is 1.95. The van der Waals surface area contributed by atoms with Crippen LogP contribution < -0.4 is 5.32 Å². The predicted molar refractivity (Wildman–Crippen MR) is 87.5 cm³/mol. The maximum absolute atomic E-state index is 11.9. The van der Waals surface area contributed by atoms with Crippen molar-refractivity contribution in [2.45, 2.75) is 37.9 Å². The van der Waals surface area contributed by atoms with Crippen molar-refractivity contribution in [2.75, 3.05) is 5.75 Å². The first-order valence-electron chi connectivity index (χ1n) is 7.33. The van der Waals surface area contributed by atoms with Gasteiger partial charge in [0.1, 0.15) is 0 Å². The monoisotopic (exact) mass is 319 g/mol. The first kappa shape index (κ1) is 16.5. The molecule has 1 amide bonds. The Labute approximate surface area is 134 Å². The van der Waals surface area contributed by atoms with Gasteiger partial charge in [0, 0.05) is 31.0 Å². The van der Waals surface area contributed by atoms with Crippen LogP contribution in [0.25, 0.3) is 11.4 Å². The van der Waals surface area contributed by atoms with Crippen molar-refractivity contribution in [2.24, 2.45) is 7.05 Å². The van der Waals surface area contributed by atoms with Crippen molar-refractivity contribution in [3.05, 3.63) is 24.5 Å². The maximum atomic E-state index is 11.9. The van der Waals surface area contributed by atoms with Gasteiger partial charge >= 0.3 is 0 Å². The molecule has 7 heteroatoms. The maximum Gasteiger partial charge on any atom is 0.230 e. The molecule has 6 nitrogen and oxygen atoms in total. The van der Waals surface area contributed by atoms with Gasteiger partial charge in [-0.1, -0.05) is 25.1 Å². The zero-order valence-corrected chi connectivity index (χ0v) is 13.9. The fourth-order valence-corrected chi connectivity index (χ4v) is 2.87. The molecule has 0 aromatic carbocycles. The minimum Gasteiger partial charge on any atom is -0.353 e. The largest absolute Gasteiger partial charge is 0.353 e. The lowest BCUT2D eigenvalue weighted by Crippen LogP contribution is -2.33. The average Bonchev–Trinajstić information content (AvgIpc) is 2.87. The van der Waals surface area contributed by atoms with E-state index in [2.05, 4.69) is 27.4 Å². The molecular formula is C15H21N5OS. The van der Waals surface area contributed by atoms with Gasteiger partial charge in [-0.2, -0.15) is 0 Å². The summed E-state index contributed by atoms with van der Waals surface area (Å²) in [5.41, 5.74) is 0.956. The molecule has 2 aromatic heterocycles. The molecule has 2 rings (SSSR count). The summed E-state index contributed by atoms with van der Waals surface area (Å²) in [6.07, 6.45) is 5.50. The van der Waals surface area contributed by atoms with Crippen LogP contribution >= 0.6 is 11.8 Å². The van der Waals surface area contributed by atoms with E-state index >= 15 is 0 Å². The van der Waals surface area contributed by atoms with Crippen molar-refractivity contribution in [1.82, 2.24) is 25.1 Å². The Morgan fingerprint density at radius 2 is 2.09 bits per heavy atom. The summed E-state index contributed by atoms with van der Waals surface area (Å²) in [5.74, 6) is 1.14. The van der Waals surface area contributed by atoms with Gasteiger partial charge < -0.3 is 9.88 Å². The van der Waals surface area contributed by atoms with Crippen LogP contribution in [0, 0.1) is 0 Å². The van der Waals surface area contributed by atoms with Crippen LogP contribution in [0.2, 0.25) is 0 Å². The van der Waals surface area contributed by atoms with E-state index in [0.29, 0.717) is 5.75 Å². The van der Waals surface area contributed by atoms with Crippen LogP contribution in [-0.2, 0) is 11.8 Å². The van der Waals surface area contributed by atoms with Gasteiger partial charge in [0.25, 0.3) is 0 Å². The van der Waals surface area contributed by atoms with E-state index in [-0.39, 0.29) is 11.9 Å². The molecule has 2 aromatic rings. The summed E-state index contributed by atoms with van der Waals surface area (Å²) < 4.78 is 1.89. The highest BCUT2D eigenvalue weighted by molar-refractivity contribution is 7.99. The molecule has 0 unspecified atom stereocenters. The van der Waals surface area contributed by atoms with E-state index in [0.717, 1.165) is 29.4 Å². The van der Waals surface area contributed by atoms with E-state index in [4.69, 9.17) is 0 Å². The summed E-state index contributed by atoms with van der Waals surface area (Å²) in [6, 6.07) is 3.99. The van der Waals surface area contributed by atoms with Gasteiger partial charge in [-0.15, -0.1) is 10.2 Å². The quantitative estimate of drug-likeness (QED) is 0.793. The molecular weight excluding hydrogens is 298 g/mol.